The number of para-hydroxylation sites is 1. The summed E-state index contributed by atoms with van der Waals surface area (Å²) in [7, 11) is 1.51. The lowest BCUT2D eigenvalue weighted by Gasteiger charge is -2.29. The number of carbonyl (C=O) groups is 2. The van der Waals surface area contributed by atoms with Crippen molar-refractivity contribution in [3.05, 3.63) is 53.1 Å². The maximum Gasteiger partial charge on any atom is 0.255 e. The van der Waals surface area contributed by atoms with Crippen LogP contribution in [-0.4, -0.2) is 49.6 Å². The van der Waals surface area contributed by atoms with Gasteiger partial charge in [0.25, 0.3) is 5.91 Å². The van der Waals surface area contributed by atoms with Crippen LogP contribution in [0.1, 0.15) is 24.2 Å². The molecule has 2 aromatic rings. The number of nitrogens with one attached hydrogen (secondary N) is 2. The van der Waals surface area contributed by atoms with Crippen molar-refractivity contribution >= 4 is 46.6 Å². The summed E-state index contributed by atoms with van der Waals surface area (Å²) in [6.07, 6.45) is 0. The van der Waals surface area contributed by atoms with Gasteiger partial charge in [-0.2, -0.15) is 11.8 Å². The van der Waals surface area contributed by atoms with Gasteiger partial charge in [-0.1, -0.05) is 37.6 Å². The number of hydrogen-bond acceptors (Lipinski definition) is 5. The SMILES string of the molecule is COc1ccccc1C(=O)NC(C(=O)Nc1ccc(N2CCSCC2)c(Cl)c1)C(C)C. The van der Waals surface area contributed by atoms with Gasteiger partial charge in [-0.15, -0.1) is 0 Å². The molecular weight excluding hydrogens is 434 g/mol. The Morgan fingerprint density at radius 1 is 1.13 bits per heavy atom. The van der Waals surface area contributed by atoms with Gasteiger partial charge in [-0.25, -0.2) is 0 Å². The van der Waals surface area contributed by atoms with Gasteiger partial charge >= 0.3 is 0 Å². The van der Waals surface area contributed by atoms with Crippen molar-refractivity contribution in [3.8, 4) is 5.75 Å². The Morgan fingerprint density at radius 3 is 2.48 bits per heavy atom. The topological polar surface area (TPSA) is 70.7 Å². The van der Waals surface area contributed by atoms with Gasteiger partial charge in [-0.05, 0) is 36.2 Å². The van der Waals surface area contributed by atoms with Gasteiger partial charge in [0, 0.05) is 30.3 Å². The predicted molar refractivity (Wildman–Crippen MR) is 129 cm³/mol. The van der Waals surface area contributed by atoms with Crippen molar-refractivity contribution in [3.63, 3.8) is 0 Å². The molecule has 0 bridgehead atoms. The third-order valence-corrected chi connectivity index (χ3v) is 6.40. The first kappa shape index (κ1) is 23.3. The molecule has 1 saturated heterocycles. The highest BCUT2D eigenvalue weighted by Gasteiger charge is 2.26. The van der Waals surface area contributed by atoms with Crippen LogP contribution in [0.4, 0.5) is 11.4 Å². The smallest absolute Gasteiger partial charge is 0.255 e. The lowest BCUT2D eigenvalue weighted by molar-refractivity contribution is -0.118. The number of anilines is 2. The molecule has 0 aromatic heterocycles. The molecule has 3 rings (SSSR count). The zero-order valence-corrected chi connectivity index (χ0v) is 19.6. The number of amides is 2. The van der Waals surface area contributed by atoms with Gasteiger partial charge in [0.15, 0.2) is 0 Å². The van der Waals surface area contributed by atoms with Crippen molar-refractivity contribution in [2.75, 3.05) is 41.9 Å². The van der Waals surface area contributed by atoms with E-state index in [-0.39, 0.29) is 17.7 Å². The van der Waals surface area contributed by atoms with Gasteiger partial charge in [0.2, 0.25) is 5.91 Å². The van der Waals surface area contributed by atoms with Crippen molar-refractivity contribution in [1.29, 1.82) is 0 Å². The Hall–Kier alpha value is -2.38. The van der Waals surface area contributed by atoms with Crippen molar-refractivity contribution in [2.45, 2.75) is 19.9 Å². The number of halogens is 1. The molecule has 2 aromatic carbocycles. The van der Waals surface area contributed by atoms with E-state index < -0.39 is 6.04 Å². The minimum Gasteiger partial charge on any atom is -0.496 e. The highest BCUT2D eigenvalue weighted by Crippen LogP contribution is 2.30. The molecule has 1 fully saturated rings. The van der Waals surface area contributed by atoms with Gasteiger partial charge in [-0.3, -0.25) is 9.59 Å². The molecule has 31 heavy (non-hydrogen) atoms. The van der Waals surface area contributed by atoms with E-state index in [1.54, 1.807) is 30.3 Å². The third kappa shape index (κ3) is 5.86. The number of carbonyl (C=O) groups excluding carboxylic acids is 2. The summed E-state index contributed by atoms with van der Waals surface area (Å²) >= 11 is 8.44. The Balaban J connectivity index is 1.70. The second kappa shape index (κ2) is 10.8. The fourth-order valence-corrected chi connectivity index (χ4v) is 4.65. The van der Waals surface area contributed by atoms with Crippen molar-refractivity contribution in [1.82, 2.24) is 5.32 Å². The lowest BCUT2D eigenvalue weighted by Crippen LogP contribution is -2.47. The number of benzene rings is 2. The summed E-state index contributed by atoms with van der Waals surface area (Å²) in [6, 6.07) is 11.8. The highest BCUT2D eigenvalue weighted by molar-refractivity contribution is 7.99. The molecule has 0 radical (unpaired) electrons. The van der Waals surface area contributed by atoms with Gasteiger partial charge < -0.3 is 20.3 Å². The fraction of sp³-hybridized carbons (Fsp3) is 0.391. The quantitative estimate of drug-likeness (QED) is 0.643. The molecule has 2 amide bonds. The molecule has 1 unspecified atom stereocenters. The summed E-state index contributed by atoms with van der Waals surface area (Å²) < 4.78 is 5.26. The summed E-state index contributed by atoms with van der Waals surface area (Å²) in [5.74, 6) is 1.85. The summed E-state index contributed by atoms with van der Waals surface area (Å²) in [6.45, 7) is 5.69. The van der Waals surface area contributed by atoms with E-state index >= 15 is 0 Å². The maximum atomic E-state index is 13.0. The first-order valence-electron chi connectivity index (χ1n) is 10.3. The van der Waals surface area contributed by atoms with Crippen LogP contribution in [-0.2, 0) is 4.79 Å². The van der Waals surface area contributed by atoms with E-state index in [0.29, 0.717) is 22.0 Å². The fourth-order valence-electron chi connectivity index (χ4n) is 3.45. The van der Waals surface area contributed by atoms with Crippen molar-refractivity contribution < 1.29 is 14.3 Å². The van der Waals surface area contributed by atoms with E-state index in [9.17, 15) is 9.59 Å². The normalized spacial score (nSPS) is 14.8. The first-order chi connectivity index (χ1) is 14.9. The molecule has 166 valence electrons. The molecule has 8 heteroatoms. The summed E-state index contributed by atoms with van der Waals surface area (Å²) in [4.78, 5) is 28.0. The van der Waals surface area contributed by atoms with Gasteiger partial charge in [0.05, 0.1) is 23.4 Å². The van der Waals surface area contributed by atoms with E-state index in [0.717, 1.165) is 30.3 Å². The zero-order valence-electron chi connectivity index (χ0n) is 18.0. The Morgan fingerprint density at radius 2 is 1.84 bits per heavy atom. The second-order valence-corrected chi connectivity index (χ2v) is 9.28. The average Bonchev–Trinajstić information content (AvgIpc) is 2.77. The molecule has 1 aliphatic rings. The molecule has 6 nitrogen and oxygen atoms in total. The minimum atomic E-state index is -0.713. The van der Waals surface area contributed by atoms with Crippen LogP contribution >= 0.6 is 23.4 Å². The number of nitrogens with zero attached hydrogens (tertiary/aromatic N) is 1. The van der Waals surface area contributed by atoms with E-state index in [4.69, 9.17) is 16.3 Å². The standard InChI is InChI=1S/C23H28ClN3O3S/c1-15(2)21(26-22(28)17-6-4-5-7-20(17)30-3)23(29)25-16-8-9-19(18(24)14-16)27-10-12-31-13-11-27/h4-9,14-15,21H,10-13H2,1-3H3,(H,25,29)(H,26,28). The van der Waals surface area contributed by atoms with Crippen LogP contribution in [0.5, 0.6) is 5.75 Å². The third-order valence-electron chi connectivity index (χ3n) is 5.15. The number of ether oxygens (including phenoxy) is 1. The Kier molecular flexibility index (Phi) is 8.09. The number of methoxy groups -OCH3 is 1. The Labute approximate surface area is 192 Å². The molecule has 1 heterocycles. The molecule has 1 atom stereocenters. The largest absolute Gasteiger partial charge is 0.496 e. The minimum absolute atomic E-state index is 0.112. The van der Waals surface area contributed by atoms with Crippen LogP contribution in [0.15, 0.2) is 42.5 Å². The number of rotatable bonds is 7. The first-order valence-corrected chi connectivity index (χ1v) is 11.8. The highest BCUT2D eigenvalue weighted by atomic mass is 35.5. The number of thioether (sulfide) groups is 1. The predicted octanol–water partition coefficient (Wildman–Crippen LogP) is 4.29. The zero-order chi connectivity index (χ0) is 22.4. The lowest BCUT2D eigenvalue weighted by atomic mass is 10.0. The monoisotopic (exact) mass is 461 g/mol. The second-order valence-electron chi connectivity index (χ2n) is 7.65. The Bertz CT molecular complexity index is 932. The molecule has 0 saturated carbocycles. The van der Waals surface area contributed by atoms with Crippen LogP contribution in [0.25, 0.3) is 0 Å². The molecule has 0 aliphatic carbocycles. The molecule has 0 spiro atoms. The summed E-state index contributed by atoms with van der Waals surface area (Å²) in [5.41, 5.74) is 1.96. The van der Waals surface area contributed by atoms with Gasteiger partial charge in [0.1, 0.15) is 11.8 Å². The maximum absolute atomic E-state index is 13.0. The average molecular weight is 462 g/mol. The van der Waals surface area contributed by atoms with E-state index in [1.807, 2.05) is 37.7 Å². The van der Waals surface area contributed by atoms with E-state index in [1.165, 1.54) is 7.11 Å². The number of hydrogen-bond donors (Lipinski definition) is 2. The van der Waals surface area contributed by atoms with Crippen molar-refractivity contribution in [2.24, 2.45) is 5.92 Å². The van der Waals surface area contributed by atoms with E-state index in [2.05, 4.69) is 15.5 Å². The van der Waals surface area contributed by atoms with Crippen LogP contribution in [0, 0.1) is 5.92 Å². The van der Waals surface area contributed by atoms with Crippen LogP contribution in [0.2, 0.25) is 5.02 Å². The molecule has 1 aliphatic heterocycles. The van der Waals surface area contributed by atoms with Crippen LogP contribution in [0.3, 0.4) is 0 Å². The summed E-state index contributed by atoms with van der Waals surface area (Å²) in [5, 5.41) is 6.32. The molecular formula is C23H28ClN3O3S. The molecule has 2 N–H and O–H groups in total. The van der Waals surface area contributed by atoms with Crippen LogP contribution < -0.4 is 20.3 Å².